The van der Waals surface area contributed by atoms with E-state index in [1.54, 1.807) is 0 Å². The van der Waals surface area contributed by atoms with Crippen molar-refractivity contribution in [3.05, 3.63) is 60.0 Å². The van der Waals surface area contributed by atoms with Gasteiger partial charge in [0.15, 0.2) is 11.6 Å². The number of methoxy groups -OCH3 is 1. The van der Waals surface area contributed by atoms with E-state index in [9.17, 15) is 26.4 Å². The monoisotopic (exact) mass is 439 g/mol. The van der Waals surface area contributed by atoms with Crippen molar-refractivity contribution in [1.29, 1.82) is 0 Å². The fourth-order valence-electron chi connectivity index (χ4n) is 2.75. The molecule has 1 amide bonds. The molecule has 11 heteroatoms. The number of rotatable bonds is 6. The van der Waals surface area contributed by atoms with Crippen LogP contribution in [0.2, 0.25) is 0 Å². The van der Waals surface area contributed by atoms with Crippen LogP contribution in [0.15, 0.2) is 53.4 Å². The minimum absolute atomic E-state index is 0.00794. The highest BCUT2D eigenvalue weighted by atomic mass is 32.2. The molecule has 1 heterocycles. The molecule has 158 valence electrons. The number of benzene rings is 2. The number of carbonyl (C=O) groups is 1. The number of aromatic nitrogens is 2. The van der Waals surface area contributed by atoms with E-state index in [0.717, 1.165) is 23.7 Å². The first-order valence-electron chi connectivity index (χ1n) is 8.48. The van der Waals surface area contributed by atoms with Gasteiger partial charge < -0.3 is 4.74 Å². The number of sulfonamides is 1. The molecule has 0 unspecified atom stereocenters. The van der Waals surface area contributed by atoms with Gasteiger partial charge in [0.25, 0.3) is 16.4 Å². The predicted octanol–water partition coefficient (Wildman–Crippen LogP) is 3.45. The van der Waals surface area contributed by atoms with Crippen LogP contribution >= 0.6 is 0 Å². The summed E-state index contributed by atoms with van der Waals surface area (Å²) in [5.74, 6) is -1.44. The van der Waals surface area contributed by atoms with Crippen LogP contribution in [-0.2, 0) is 14.8 Å². The Kier molecular flexibility index (Phi) is 5.83. The van der Waals surface area contributed by atoms with Crippen molar-refractivity contribution in [3.63, 3.8) is 0 Å². The first-order valence-corrected chi connectivity index (χ1v) is 9.96. The Labute approximate surface area is 170 Å². The average Bonchev–Trinajstić information content (AvgIpc) is 3.13. The van der Waals surface area contributed by atoms with Crippen molar-refractivity contribution in [2.75, 3.05) is 7.11 Å². The van der Waals surface area contributed by atoms with Crippen molar-refractivity contribution in [1.82, 2.24) is 14.5 Å². The van der Waals surface area contributed by atoms with E-state index >= 15 is 0 Å². The number of hydrogen-bond donors (Lipinski definition) is 1. The molecule has 3 rings (SSSR count). The lowest BCUT2D eigenvalue weighted by atomic mass is 10.1. The molecule has 0 aliphatic carbocycles. The molecular formula is C19H16F3N3O4S. The molecule has 30 heavy (non-hydrogen) atoms. The van der Waals surface area contributed by atoms with E-state index in [1.165, 1.54) is 43.5 Å². The van der Waals surface area contributed by atoms with Crippen LogP contribution < -0.4 is 9.46 Å². The molecule has 2 aromatic carbocycles. The van der Waals surface area contributed by atoms with Gasteiger partial charge in [-0.3, -0.25) is 4.79 Å². The second-order valence-electron chi connectivity index (χ2n) is 6.17. The van der Waals surface area contributed by atoms with Gasteiger partial charge >= 0.3 is 0 Å². The van der Waals surface area contributed by atoms with Crippen LogP contribution in [0.5, 0.6) is 5.75 Å². The van der Waals surface area contributed by atoms with E-state index < -0.39 is 33.9 Å². The number of nitrogens with zero attached hydrogens (tertiary/aromatic N) is 2. The first-order chi connectivity index (χ1) is 14.1. The Morgan fingerprint density at radius 3 is 2.33 bits per heavy atom. The molecule has 0 saturated carbocycles. The van der Waals surface area contributed by atoms with E-state index in [2.05, 4.69) is 5.10 Å². The third kappa shape index (κ3) is 4.30. The maximum atomic E-state index is 14.1. The van der Waals surface area contributed by atoms with Crippen molar-refractivity contribution in [2.45, 2.75) is 18.2 Å². The van der Waals surface area contributed by atoms with Gasteiger partial charge in [-0.2, -0.15) is 5.10 Å². The lowest BCUT2D eigenvalue weighted by Gasteiger charge is -2.10. The molecule has 3 aromatic rings. The summed E-state index contributed by atoms with van der Waals surface area (Å²) in [6.45, 7) is 1.06. The second-order valence-corrected chi connectivity index (χ2v) is 7.85. The van der Waals surface area contributed by atoms with E-state index in [-0.39, 0.29) is 27.6 Å². The summed E-state index contributed by atoms with van der Waals surface area (Å²) in [5, 5.41) is 3.86. The quantitative estimate of drug-likeness (QED) is 0.636. The fourth-order valence-corrected chi connectivity index (χ4v) is 3.74. The lowest BCUT2D eigenvalue weighted by molar-refractivity contribution is -0.117. The number of halogens is 3. The molecule has 0 aliphatic heterocycles. The van der Waals surface area contributed by atoms with E-state index in [4.69, 9.17) is 4.74 Å². The summed E-state index contributed by atoms with van der Waals surface area (Å²) >= 11 is 0. The van der Waals surface area contributed by atoms with Crippen LogP contribution in [-0.4, -0.2) is 31.2 Å². The van der Waals surface area contributed by atoms with E-state index in [1.807, 2.05) is 4.72 Å². The summed E-state index contributed by atoms with van der Waals surface area (Å²) in [5.41, 5.74) is 0.165. The Balaban J connectivity index is 2.08. The second kappa shape index (κ2) is 8.19. The molecule has 0 bridgehead atoms. The predicted molar refractivity (Wildman–Crippen MR) is 101 cm³/mol. The summed E-state index contributed by atoms with van der Waals surface area (Å²) in [7, 11) is -2.76. The first kappa shape index (κ1) is 21.4. The SMILES string of the molecule is COc1ccc(-c2cc(C(F)F)nn2-c2ccc(S(=O)(=O)NC(C)=O)cc2)cc1F. The summed E-state index contributed by atoms with van der Waals surface area (Å²) < 4.78 is 72.6. The van der Waals surface area contributed by atoms with Crippen LogP contribution in [0.1, 0.15) is 19.0 Å². The minimum Gasteiger partial charge on any atom is -0.494 e. The minimum atomic E-state index is -4.06. The van der Waals surface area contributed by atoms with Gasteiger partial charge in [0.1, 0.15) is 5.69 Å². The molecule has 0 radical (unpaired) electrons. The van der Waals surface area contributed by atoms with E-state index in [0.29, 0.717) is 0 Å². The zero-order chi connectivity index (χ0) is 22.1. The van der Waals surface area contributed by atoms with Gasteiger partial charge in [0.2, 0.25) is 5.91 Å². The fraction of sp³-hybridized carbons (Fsp3) is 0.158. The molecule has 0 saturated heterocycles. The molecule has 0 aliphatic rings. The molecule has 1 aromatic heterocycles. The van der Waals surface area contributed by atoms with Gasteiger partial charge in [-0.1, -0.05) is 0 Å². The number of amides is 1. The van der Waals surface area contributed by atoms with Gasteiger partial charge in [0, 0.05) is 12.5 Å². The normalized spacial score (nSPS) is 11.5. The Hall–Kier alpha value is -3.34. The van der Waals surface area contributed by atoms with Crippen LogP contribution in [0.25, 0.3) is 16.9 Å². The number of alkyl halides is 2. The molecule has 0 atom stereocenters. The molecule has 0 spiro atoms. The van der Waals surface area contributed by atoms with Crippen LogP contribution in [0, 0.1) is 5.82 Å². The number of hydrogen-bond acceptors (Lipinski definition) is 5. The van der Waals surface area contributed by atoms with Gasteiger partial charge in [-0.25, -0.2) is 31.0 Å². The maximum absolute atomic E-state index is 14.1. The molecular weight excluding hydrogens is 423 g/mol. The maximum Gasteiger partial charge on any atom is 0.282 e. The van der Waals surface area contributed by atoms with Crippen molar-refractivity contribution >= 4 is 15.9 Å². The van der Waals surface area contributed by atoms with Crippen LogP contribution in [0.3, 0.4) is 0 Å². The van der Waals surface area contributed by atoms with Crippen molar-refractivity contribution < 1.29 is 31.1 Å². The zero-order valence-corrected chi connectivity index (χ0v) is 16.6. The number of carbonyl (C=O) groups excluding carboxylic acids is 1. The lowest BCUT2D eigenvalue weighted by Crippen LogP contribution is -2.28. The highest BCUT2D eigenvalue weighted by molar-refractivity contribution is 7.90. The van der Waals surface area contributed by atoms with Gasteiger partial charge in [-0.05, 0) is 48.5 Å². The smallest absolute Gasteiger partial charge is 0.282 e. The van der Waals surface area contributed by atoms with Crippen molar-refractivity contribution in [2.24, 2.45) is 0 Å². The average molecular weight is 439 g/mol. The number of ether oxygens (including phenoxy) is 1. The van der Waals surface area contributed by atoms with Gasteiger partial charge in [0.05, 0.1) is 23.4 Å². The highest BCUT2D eigenvalue weighted by Gasteiger charge is 2.20. The summed E-state index contributed by atoms with van der Waals surface area (Å²) in [4.78, 5) is 10.9. The van der Waals surface area contributed by atoms with Crippen molar-refractivity contribution in [3.8, 4) is 22.7 Å². The largest absolute Gasteiger partial charge is 0.494 e. The highest BCUT2D eigenvalue weighted by Crippen LogP contribution is 2.31. The standard InChI is InChI=1S/C19H16F3N3O4S/c1-11(26)24-30(27,28)14-6-4-13(5-7-14)25-17(10-16(23-25)19(21)22)12-3-8-18(29-2)15(20)9-12/h3-10,19H,1-2H3,(H,24,26). The third-order valence-electron chi connectivity index (χ3n) is 4.07. The molecule has 0 fully saturated rings. The topological polar surface area (TPSA) is 90.3 Å². The summed E-state index contributed by atoms with van der Waals surface area (Å²) in [6, 6.07) is 10.1. The summed E-state index contributed by atoms with van der Waals surface area (Å²) in [6.07, 6.45) is -2.87. The Bertz CT molecular complexity index is 1190. The van der Waals surface area contributed by atoms with Crippen LogP contribution in [0.4, 0.5) is 13.2 Å². The van der Waals surface area contributed by atoms with Gasteiger partial charge in [-0.15, -0.1) is 0 Å². The molecule has 7 nitrogen and oxygen atoms in total. The zero-order valence-electron chi connectivity index (χ0n) is 15.8. The third-order valence-corrected chi connectivity index (χ3v) is 5.52. The molecule has 1 N–H and O–H groups in total. The Morgan fingerprint density at radius 1 is 1.13 bits per heavy atom. The Morgan fingerprint density at radius 2 is 1.80 bits per heavy atom. The number of nitrogens with one attached hydrogen (secondary N) is 1.